The van der Waals surface area contributed by atoms with E-state index >= 15 is 0 Å². The summed E-state index contributed by atoms with van der Waals surface area (Å²) in [6, 6.07) is 8.92. The number of nitrogens with zero attached hydrogens (tertiary/aromatic N) is 4. The smallest absolute Gasteiger partial charge is 0.165 e. The summed E-state index contributed by atoms with van der Waals surface area (Å²) in [4.78, 5) is 0. The van der Waals surface area contributed by atoms with Crippen LogP contribution in [0.25, 0.3) is 0 Å². The summed E-state index contributed by atoms with van der Waals surface area (Å²) in [7, 11) is 0. The molecule has 21 heavy (non-hydrogen) atoms. The van der Waals surface area contributed by atoms with Crippen LogP contribution in [0.2, 0.25) is 0 Å². The number of hydrogen-bond donors (Lipinski definition) is 1. The molecular weight excluding hydrogens is 262 g/mol. The highest BCUT2D eigenvalue weighted by Gasteiger charge is 2.25. The number of aromatic nitrogens is 4. The second-order valence-corrected chi connectivity index (χ2v) is 6.75. The molecule has 0 radical (unpaired) electrons. The molecule has 1 atom stereocenters. The number of nitrogens with one attached hydrogen (secondary N) is 1. The lowest BCUT2D eigenvalue weighted by molar-refractivity contribution is 0.386. The number of fused-ring (bicyclic) bond motifs is 1. The minimum atomic E-state index is 0.0568. The van der Waals surface area contributed by atoms with Gasteiger partial charge >= 0.3 is 0 Å². The minimum absolute atomic E-state index is 0.0568. The standard InChI is InChI=1S/C16H23N5/c1-16(2,3)17-11-15-18-19-20-21(15)14-10-6-8-12-7-4-5-9-13(12)14/h4-5,7,9,14,17H,6,8,10-11H2,1-3H3. The van der Waals surface area contributed by atoms with Crippen molar-refractivity contribution in [3.63, 3.8) is 0 Å². The summed E-state index contributed by atoms with van der Waals surface area (Å²) in [5.74, 6) is 0.909. The Morgan fingerprint density at radius 2 is 2.10 bits per heavy atom. The fourth-order valence-corrected chi connectivity index (χ4v) is 2.90. The first-order chi connectivity index (χ1) is 10.0. The summed E-state index contributed by atoms with van der Waals surface area (Å²) in [6.45, 7) is 7.14. The van der Waals surface area contributed by atoms with Crippen molar-refractivity contribution in [3.05, 3.63) is 41.2 Å². The van der Waals surface area contributed by atoms with Crippen LogP contribution < -0.4 is 5.32 Å². The second-order valence-electron chi connectivity index (χ2n) is 6.75. The van der Waals surface area contributed by atoms with E-state index in [-0.39, 0.29) is 11.6 Å². The van der Waals surface area contributed by atoms with E-state index in [1.54, 1.807) is 0 Å². The molecule has 1 unspecified atom stereocenters. The number of aryl methyl sites for hydroxylation is 1. The van der Waals surface area contributed by atoms with E-state index in [9.17, 15) is 0 Å². The Balaban J connectivity index is 1.87. The molecule has 1 heterocycles. The topological polar surface area (TPSA) is 55.6 Å². The fourth-order valence-electron chi connectivity index (χ4n) is 2.90. The van der Waals surface area contributed by atoms with Crippen molar-refractivity contribution < 1.29 is 0 Å². The molecule has 5 heteroatoms. The van der Waals surface area contributed by atoms with Gasteiger partial charge in [0.25, 0.3) is 0 Å². The Hall–Kier alpha value is -1.75. The van der Waals surface area contributed by atoms with Crippen LogP contribution in [0.4, 0.5) is 0 Å². The molecule has 0 bridgehead atoms. The lowest BCUT2D eigenvalue weighted by atomic mass is 9.88. The van der Waals surface area contributed by atoms with E-state index in [0.717, 1.165) is 18.7 Å². The molecule has 112 valence electrons. The molecule has 0 saturated carbocycles. The molecule has 1 aromatic carbocycles. The summed E-state index contributed by atoms with van der Waals surface area (Å²) < 4.78 is 2.00. The van der Waals surface area contributed by atoms with Gasteiger partial charge in [-0.2, -0.15) is 0 Å². The Morgan fingerprint density at radius 1 is 1.29 bits per heavy atom. The van der Waals surface area contributed by atoms with Gasteiger partial charge in [0.1, 0.15) is 0 Å². The van der Waals surface area contributed by atoms with Gasteiger partial charge in [0.2, 0.25) is 0 Å². The average molecular weight is 285 g/mol. The van der Waals surface area contributed by atoms with Crippen LogP contribution in [-0.4, -0.2) is 25.7 Å². The zero-order valence-corrected chi connectivity index (χ0v) is 13.0. The predicted molar refractivity (Wildman–Crippen MR) is 81.9 cm³/mol. The molecular formula is C16H23N5. The van der Waals surface area contributed by atoms with Gasteiger partial charge in [-0.1, -0.05) is 24.3 Å². The molecule has 5 nitrogen and oxygen atoms in total. The zero-order chi connectivity index (χ0) is 14.9. The Morgan fingerprint density at radius 3 is 2.90 bits per heavy atom. The maximum atomic E-state index is 4.25. The van der Waals surface area contributed by atoms with E-state index < -0.39 is 0 Å². The van der Waals surface area contributed by atoms with Crippen LogP contribution in [0, 0.1) is 0 Å². The van der Waals surface area contributed by atoms with Gasteiger partial charge < -0.3 is 5.32 Å². The molecule has 0 spiro atoms. The lowest BCUT2D eigenvalue weighted by Crippen LogP contribution is -2.36. The first-order valence-electron chi connectivity index (χ1n) is 7.64. The monoisotopic (exact) mass is 285 g/mol. The van der Waals surface area contributed by atoms with Crippen LogP contribution >= 0.6 is 0 Å². The molecule has 0 aliphatic heterocycles. The first-order valence-corrected chi connectivity index (χ1v) is 7.64. The average Bonchev–Trinajstić information content (AvgIpc) is 2.92. The minimum Gasteiger partial charge on any atom is -0.305 e. The molecule has 0 fully saturated rings. The fraction of sp³-hybridized carbons (Fsp3) is 0.562. The van der Waals surface area contributed by atoms with Gasteiger partial charge in [0.05, 0.1) is 12.6 Å². The van der Waals surface area contributed by atoms with Crippen molar-refractivity contribution in [3.8, 4) is 0 Å². The van der Waals surface area contributed by atoms with Crippen molar-refractivity contribution in [1.29, 1.82) is 0 Å². The summed E-state index contributed by atoms with van der Waals surface area (Å²) in [5.41, 5.74) is 2.85. The molecule has 1 N–H and O–H groups in total. The van der Waals surface area contributed by atoms with E-state index in [2.05, 4.69) is 65.9 Å². The molecule has 1 aromatic heterocycles. The largest absolute Gasteiger partial charge is 0.305 e. The van der Waals surface area contributed by atoms with Crippen molar-refractivity contribution >= 4 is 0 Å². The Bertz CT molecular complexity index is 611. The highest BCUT2D eigenvalue weighted by molar-refractivity contribution is 5.32. The highest BCUT2D eigenvalue weighted by atomic mass is 15.6. The molecule has 0 amide bonds. The van der Waals surface area contributed by atoms with Gasteiger partial charge in [0, 0.05) is 5.54 Å². The van der Waals surface area contributed by atoms with Crippen LogP contribution in [0.5, 0.6) is 0 Å². The molecule has 3 rings (SSSR count). The van der Waals surface area contributed by atoms with E-state index in [4.69, 9.17) is 0 Å². The van der Waals surface area contributed by atoms with Crippen molar-refractivity contribution in [2.45, 2.75) is 58.2 Å². The zero-order valence-electron chi connectivity index (χ0n) is 13.0. The molecule has 0 saturated heterocycles. The number of benzene rings is 1. The summed E-state index contributed by atoms with van der Waals surface area (Å²) >= 11 is 0. The number of rotatable bonds is 3. The predicted octanol–water partition coefficient (Wildman–Crippen LogP) is 2.49. The van der Waals surface area contributed by atoms with Gasteiger partial charge in [-0.15, -0.1) is 5.10 Å². The molecule has 1 aliphatic carbocycles. The van der Waals surface area contributed by atoms with Gasteiger partial charge in [-0.3, -0.25) is 0 Å². The quantitative estimate of drug-likeness (QED) is 0.941. The van der Waals surface area contributed by atoms with Crippen LogP contribution in [0.1, 0.15) is 56.6 Å². The maximum Gasteiger partial charge on any atom is 0.165 e. The number of tetrazole rings is 1. The Kier molecular flexibility index (Phi) is 3.76. The number of hydrogen-bond acceptors (Lipinski definition) is 4. The van der Waals surface area contributed by atoms with Crippen molar-refractivity contribution in [1.82, 2.24) is 25.5 Å². The molecule has 2 aromatic rings. The SMILES string of the molecule is CC(C)(C)NCc1nnnn1C1CCCc2ccccc21. The van der Waals surface area contributed by atoms with Gasteiger partial charge in [-0.05, 0) is 61.6 Å². The third kappa shape index (κ3) is 3.13. The van der Waals surface area contributed by atoms with Crippen LogP contribution in [-0.2, 0) is 13.0 Å². The summed E-state index contributed by atoms with van der Waals surface area (Å²) in [6.07, 6.45) is 3.45. The normalized spacial score (nSPS) is 18.5. The van der Waals surface area contributed by atoms with Gasteiger partial charge in [-0.25, -0.2) is 4.68 Å². The first kappa shape index (κ1) is 14.2. The van der Waals surface area contributed by atoms with Gasteiger partial charge in [0.15, 0.2) is 5.82 Å². The lowest BCUT2D eigenvalue weighted by Gasteiger charge is -2.27. The van der Waals surface area contributed by atoms with E-state index in [1.165, 1.54) is 17.5 Å². The van der Waals surface area contributed by atoms with Crippen LogP contribution in [0.15, 0.2) is 24.3 Å². The Labute approximate surface area is 125 Å². The third-order valence-electron chi connectivity index (χ3n) is 3.97. The second kappa shape index (κ2) is 5.56. The maximum absolute atomic E-state index is 4.25. The van der Waals surface area contributed by atoms with E-state index in [0.29, 0.717) is 6.54 Å². The highest BCUT2D eigenvalue weighted by Crippen LogP contribution is 2.32. The summed E-state index contributed by atoms with van der Waals surface area (Å²) in [5, 5.41) is 15.8. The van der Waals surface area contributed by atoms with E-state index in [1.807, 2.05) is 4.68 Å². The third-order valence-corrected chi connectivity index (χ3v) is 3.97. The molecule has 1 aliphatic rings. The van der Waals surface area contributed by atoms with Crippen molar-refractivity contribution in [2.24, 2.45) is 0 Å². The van der Waals surface area contributed by atoms with Crippen LogP contribution in [0.3, 0.4) is 0 Å². The van der Waals surface area contributed by atoms with Crippen molar-refractivity contribution in [2.75, 3.05) is 0 Å².